The first-order chi connectivity index (χ1) is 19.1. The molecule has 0 unspecified atom stereocenters. The molecule has 2 aromatic carbocycles. The average Bonchev–Trinajstić information content (AvgIpc) is 2.91. The molecule has 10 heteroatoms. The lowest BCUT2D eigenvalue weighted by molar-refractivity contribution is 0.0523. The van der Waals surface area contributed by atoms with E-state index in [1.807, 2.05) is 46.0 Å². The van der Waals surface area contributed by atoms with Crippen LogP contribution in [0.2, 0.25) is 0 Å². The predicted molar refractivity (Wildman–Crippen MR) is 154 cm³/mol. The highest BCUT2D eigenvalue weighted by atomic mass is 19.1. The van der Waals surface area contributed by atoms with E-state index >= 15 is 0 Å². The first kappa shape index (κ1) is 28.4. The first-order valence-electron chi connectivity index (χ1n) is 13.0. The summed E-state index contributed by atoms with van der Waals surface area (Å²) >= 11 is 0. The molecule has 4 aromatic rings. The van der Waals surface area contributed by atoms with Gasteiger partial charge in [-0.05, 0) is 69.5 Å². The van der Waals surface area contributed by atoms with Crippen molar-refractivity contribution in [1.82, 2.24) is 25.3 Å². The first-order valence-corrected chi connectivity index (χ1v) is 13.0. The average molecular weight is 544 g/mol. The lowest BCUT2D eigenvalue weighted by atomic mass is 10.0. The summed E-state index contributed by atoms with van der Waals surface area (Å²) in [7, 11) is 1.83. The van der Waals surface area contributed by atoms with Crippen LogP contribution in [-0.4, -0.2) is 44.7 Å². The normalized spacial score (nSPS) is 11.9. The minimum atomic E-state index is -0.541. The molecule has 0 aliphatic heterocycles. The highest BCUT2D eigenvalue weighted by Gasteiger charge is 2.16. The van der Waals surface area contributed by atoms with Gasteiger partial charge in [-0.15, -0.1) is 0 Å². The van der Waals surface area contributed by atoms with Gasteiger partial charge in [0.05, 0.1) is 5.56 Å². The Morgan fingerprint density at radius 3 is 2.42 bits per heavy atom. The van der Waals surface area contributed by atoms with Crippen molar-refractivity contribution in [1.29, 1.82) is 0 Å². The number of carbonyl (C=O) groups is 1. The van der Waals surface area contributed by atoms with Crippen LogP contribution < -0.4 is 15.5 Å². The summed E-state index contributed by atoms with van der Waals surface area (Å²) in [5.74, 6) is 1.59. The molecule has 1 amide bonds. The molecule has 40 heavy (non-hydrogen) atoms. The fourth-order valence-corrected chi connectivity index (χ4v) is 4.01. The molecule has 2 heterocycles. The molecule has 0 spiro atoms. The number of carbonyl (C=O) groups excluding carboxylic acids is 1. The van der Waals surface area contributed by atoms with Crippen LogP contribution in [-0.2, 0) is 17.7 Å². The maximum Gasteiger partial charge on any atom is 0.407 e. The molecule has 0 bridgehead atoms. The topological polar surface area (TPSA) is 105 Å². The molecule has 1 atom stereocenters. The zero-order chi connectivity index (χ0) is 28.7. The van der Waals surface area contributed by atoms with Crippen molar-refractivity contribution in [3.8, 4) is 11.4 Å². The Hall–Kier alpha value is -4.60. The van der Waals surface area contributed by atoms with Crippen molar-refractivity contribution in [2.45, 2.75) is 52.3 Å². The summed E-state index contributed by atoms with van der Waals surface area (Å²) in [5.41, 5.74) is 1.88. The summed E-state index contributed by atoms with van der Waals surface area (Å²) in [6.45, 7) is 7.93. The van der Waals surface area contributed by atoms with E-state index in [4.69, 9.17) is 4.74 Å². The molecule has 0 saturated carbocycles. The second-order valence-corrected chi connectivity index (χ2v) is 10.4. The Labute approximate surface area is 233 Å². The Morgan fingerprint density at radius 2 is 1.68 bits per heavy atom. The third-order valence-electron chi connectivity index (χ3n) is 5.83. The van der Waals surface area contributed by atoms with Gasteiger partial charge in [-0.2, -0.15) is 4.98 Å². The van der Waals surface area contributed by atoms with Crippen LogP contribution in [0.15, 0.2) is 73.1 Å². The predicted octanol–water partition coefficient (Wildman–Crippen LogP) is 5.91. The summed E-state index contributed by atoms with van der Waals surface area (Å²) in [4.78, 5) is 31.6. The third kappa shape index (κ3) is 7.95. The van der Waals surface area contributed by atoms with E-state index in [0.717, 1.165) is 17.5 Å². The minimum Gasteiger partial charge on any atom is -0.444 e. The maximum absolute atomic E-state index is 14.3. The molecule has 0 aliphatic carbocycles. The van der Waals surface area contributed by atoms with Crippen molar-refractivity contribution in [3.63, 3.8) is 0 Å². The van der Waals surface area contributed by atoms with E-state index in [-0.39, 0.29) is 11.9 Å². The molecule has 208 valence electrons. The largest absolute Gasteiger partial charge is 0.444 e. The minimum absolute atomic E-state index is 0.0290. The highest BCUT2D eigenvalue weighted by Crippen LogP contribution is 2.24. The van der Waals surface area contributed by atoms with Crippen LogP contribution >= 0.6 is 0 Å². The molecule has 0 radical (unpaired) electrons. The fourth-order valence-electron chi connectivity index (χ4n) is 4.01. The van der Waals surface area contributed by atoms with E-state index in [2.05, 4.69) is 43.6 Å². The number of rotatable bonds is 9. The van der Waals surface area contributed by atoms with Gasteiger partial charge < -0.3 is 20.3 Å². The van der Waals surface area contributed by atoms with Crippen LogP contribution in [0.3, 0.4) is 0 Å². The Kier molecular flexibility index (Phi) is 8.88. The van der Waals surface area contributed by atoms with Gasteiger partial charge in [-0.3, -0.25) is 0 Å². The van der Waals surface area contributed by atoms with Gasteiger partial charge in [0.25, 0.3) is 0 Å². The zero-order valence-corrected chi connectivity index (χ0v) is 23.4. The van der Waals surface area contributed by atoms with E-state index in [9.17, 15) is 9.18 Å². The van der Waals surface area contributed by atoms with Gasteiger partial charge in [0.15, 0.2) is 5.82 Å². The lowest BCUT2D eigenvalue weighted by Crippen LogP contribution is -2.32. The van der Waals surface area contributed by atoms with E-state index in [1.165, 1.54) is 6.07 Å². The van der Waals surface area contributed by atoms with Gasteiger partial charge in [-0.1, -0.05) is 36.4 Å². The Morgan fingerprint density at radius 1 is 0.975 bits per heavy atom. The summed E-state index contributed by atoms with van der Waals surface area (Å²) in [6, 6.07) is 18.0. The second kappa shape index (κ2) is 12.5. The summed E-state index contributed by atoms with van der Waals surface area (Å²) in [6.07, 6.45) is 3.55. The molecule has 4 rings (SSSR count). The highest BCUT2D eigenvalue weighted by molar-refractivity contribution is 5.67. The van der Waals surface area contributed by atoms with Crippen LogP contribution in [0.5, 0.6) is 0 Å². The molecule has 0 fully saturated rings. The number of anilines is 3. The summed E-state index contributed by atoms with van der Waals surface area (Å²) < 4.78 is 19.6. The van der Waals surface area contributed by atoms with E-state index < -0.39 is 11.7 Å². The van der Waals surface area contributed by atoms with Crippen molar-refractivity contribution >= 4 is 23.7 Å². The van der Waals surface area contributed by atoms with Crippen molar-refractivity contribution in [2.24, 2.45) is 0 Å². The molecule has 0 aliphatic rings. The molecular formula is C30H34FN7O2. The number of nitrogens with zero attached hydrogens (tertiary/aromatic N) is 5. The quantitative estimate of drug-likeness (QED) is 0.269. The maximum atomic E-state index is 14.3. The second-order valence-electron chi connectivity index (χ2n) is 10.4. The van der Waals surface area contributed by atoms with E-state index in [0.29, 0.717) is 35.5 Å². The fraction of sp³-hybridized carbons (Fsp3) is 0.300. The Balaban J connectivity index is 1.39. The number of benzene rings is 2. The molecule has 9 nitrogen and oxygen atoms in total. The van der Waals surface area contributed by atoms with Crippen molar-refractivity contribution < 1.29 is 13.9 Å². The van der Waals surface area contributed by atoms with Gasteiger partial charge >= 0.3 is 6.09 Å². The van der Waals surface area contributed by atoms with Crippen LogP contribution in [0, 0.1) is 5.82 Å². The molecular weight excluding hydrogens is 509 g/mol. The van der Waals surface area contributed by atoms with Gasteiger partial charge in [-0.25, -0.2) is 24.1 Å². The zero-order valence-electron chi connectivity index (χ0n) is 23.4. The Bertz CT molecular complexity index is 1460. The summed E-state index contributed by atoms with van der Waals surface area (Å²) in [5, 5.41) is 6.15. The number of hydrogen-bond acceptors (Lipinski definition) is 8. The number of halogens is 1. The van der Waals surface area contributed by atoms with Crippen LogP contribution in [0.25, 0.3) is 11.4 Å². The van der Waals surface area contributed by atoms with Crippen LogP contribution in [0.1, 0.15) is 38.8 Å². The number of amides is 1. The van der Waals surface area contributed by atoms with Gasteiger partial charge in [0.1, 0.15) is 23.1 Å². The number of alkyl carbamates (subject to hydrolysis) is 1. The van der Waals surface area contributed by atoms with Crippen molar-refractivity contribution in [3.05, 3.63) is 90.0 Å². The third-order valence-corrected chi connectivity index (χ3v) is 5.83. The van der Waals surface area contributed by atoms with Crippen molar-refractivity contribution in [2.75, 3.05) is 17.3 Å². The molecule has 2 aromatic heterocycles. The SMILES string of the molecule is C[C@@H](Cc1cccc(CNC(=O)OC(C)(C)C)c1)Nc1nccc(N(C)c2ccnc(-c3ccccc3F)n2)n1. The van der Waals surface area contributed by atoms with Gasteiger partial charge in [0.2, 0.25) is 5.95 Å². The number of hydrogen-bond donors (Lipinski definition) is 2. The molecule has 2 N–H and O–H groups in total. The van der Waals surface area contributed by atoms with Gasteiger partial charge in [0, 0.05) is 32.0 Å². The standard InChI is InChI=1S/C30H34FN7O2/c1-20(17-21-9-8-10-22(18-21)19-34-29(39)40-30(2,3)4)35-28-33-16-14-26(37-28)38(5)25-13-15-32-27(36-25)23-11-6-7-12-24(23)31/h6-16,18,20H,17,19H2,1-5H3,(H,34,39)(H,33,35,37)/t20-/m0/s1. The molecule has 0 saturated heterocycles. The number of nitrogens with one attached hydrogen (secondary N) is 2. The smallest absolute Gasteiger partial charge is 0.407 e. The number of ether oxygens (including phenoxy) is 1. The van der Waals surface area contributed by atoms with Crippen LogP contribution in [0.4, 0.5) is 26.8 Å². The monoisotopic (exact) mass is 543 g/mol. The van der Waals surface area contributed by atoms with E-state index in [1.54, 1.807) is 47.6 Å². The number of aromatic nitrogens is 4. The lowest BCUT2D eigenvalue weighted by Gasteiger charge is -2.20.